The summed E-state index contributed by atoms with van der Waals surface area (Å²) in [4.78, 5) is 14.3. The van der Waals surface area contributed by atoms with Crippen LogP contribution in [0.5, 0.6) is 0 Å². The van der Waals surface area contributed by atoms with E-state index in [-0.39, 0.29) is 13.0 Å². The average molecular weight is 535 g/mol. The second-order valence-corrected chi connectivity index (χ2v) is 10.8. The fourth-order valence-corrected chi connectivity index (χ4v) is 6.24. The molecule has 0 saturated carbocycles. The second-order valence-electron chi connectivity index (χ2n) is 9.59. The topological polar surface area (TPSA) is 159 Å². The zero-order valence-electron chi connectivity index (χ0n) is 20.6. The zero-order valence-corrected chi connectivity index (χ0v) is 21.5. The SMILES string of the molecule is CCCC(N1CC(CC#N)(n2cc(-n3c(-c4ccc(CO)o4)nc4cnc5[nH]ccc5c43)cn2)C1)[SH](=O)=O. The van der Waals surface area contributed by atoms with Crippen molar-refractivity contribution in [3.8, 4) is 23.3 Å². The van der Waals surface area contributed by atoms with Gasteiger partial charge in [-0.15, -0.1) is 0 Å². The number of hydrogen-bond acceptors (Lipinski definition) is 9. The molecule has 0 radical (unpaired) electrons. The second kappa shape index (κ2) is 9.39. The number of aliphatic hydroxyl groups excluding tert-OH is 1. The van der Waals surface area contributed by atoms with E-state index in [2.05, 4.69) is 21.1 Å². The Kier molecular flexibility index (Phi) is 6.02. The quantitative estimate of drug-likeness (QED) is 0.242. The van der Waals surface area contributed by atoms with Gasteiger partial charge in [0.1, 0.15) is 34.4 Å². The lowest BCUT2D eigenvalue weighted by Crippen LogP contribution is -2.65. The van der Waals surface area contributed by atoms with Crippen molar-refractivity contribution in [2.75, 3.05) is 13.1 Å². The van der Waals surface area contributed by atoms with E-state index in [1.807, 2.05) is 34.9 Å². The number of fused-ring (bicyclic) bond motifs is 3. The van der Waals surface area contributed by atoms with Crippen molar-refractivity contribution >= 4 is 32.8 Å². The summed E-state index contributed by atoms with van der Waals surface area (Å²) in [6, 6.07) is 7.65. The van der Waals surface area contributed by atoms with Gasteiger partial charge >= 0.3 is 0 Å². The molecule has 196 valence electrons. The number of H-pyrrole nitrogens is 1. The van der Waals surface area contributed by atoms with E-state index in [1.54, 1.807) is 29.2 Å². The molecule has 13 heteroatoms. The van der Waals surface area contributed by atoms with Crippen LogP contribution in [0.4, 0.5) is 0 Å². The van der Waals surface area contributed by atoms with E-state index in [1.165, 1.54) is 0 Å². The molecule has 1 saturated heterocycles. The molecule has 1 aliphatic heterocycles. The summed E-state index contributed by atoms with van der Waals surface area (Å²) < 4.78 is 33.3. The molecular weight excluding hydrogens is 508 g/mol. The highest BCUT2D eigenvalue weighted by molar-refractivity contribution is 7.73. The van der Waals surface area contributed by atoms with Crippen molar-refractivity contribution < 1.29 is 17.9 Å². The average Bonchev–Trinajstić information content (AvgIpc) is 3.68. The van der Waals surface area contributed by atoms with E-state index in [4.69, 9.17) is 9.40 Å². The van der Waals surface area contributed by atoms with Crippen LogP contribution in [0.1, 0.15) is 31.9 Å². The number of likely N-dealkylation sites (tertiary alicyclic amines) is 1. The molecule has 0 aromatic carbocycles. The number of imidazole rings is 1. The summed E-state index contributed by atoms with van der Waals surface area (Å²) in [5.74, 6) is 1.41. The van der Waals surface area contributed by atoms with Gasteiger partial charge in [-0.2, -0.15) is 10.4 Å². The Bertz CT molecular complexity index is 1740. The van der Waals surface area contributed by atoms with Crippen LogP contribution in [0.25, 0.3) is 39.3 Å². The van der Waals surface area contributed by atoms with Gasteiger partial charge in [0.25, 0.3) is 0 Å². The van der Waals surface area contributed by atoms with Crippen molar-refractivity contribution in [3.05, 3.63) is 48.7 Å². The zero-order chi connectivity index (χ0) is 26.4. The maximum absolute atomic E-state index is 11.9. The highest BCUT2D eigenvalue weighted by Gasteiger charge is 2.48. The number of rotatable bonds is 9. The van der Waals surface area contributed by atoms with Gasteiger partial charge in [-0.1, -0.05) is 13.3 Å². The Balaban J connectivity index is 1.46. The summed E-state index contributed by atoms with van der Waals surface area (Å²) in [5, 5.41) is 24.1. The lowest BCUT2D eigenvalue weighted by molar-refractivity contribution is -0.00647. The largest absolute Gasteiger partial charge is 0.455 e. The van der Waals surface area contributed by atoms with Crippen LogP contribution in [0.2, 0.25) is 0 Å². The van der Waals surface area contributed by atoms with Gasteiger partial charge in [-0.3, -0.25) is 14.1 Å². The van der Waals surface area contributed by atoms with E-state index >= 15 is 0 Å². The van der Waals surface area contributed by atoms with Crippen molar-refractivity contribution in [2.24, 2.45) is 0 Å². The van der Waals surface area contributed by atoms with Crippen LogP contribution in [0.15, 0.2) is 47.4 Å². The molecule has 6 rings (SSSR count). The molecule has 5 aromatic rings. The molecule has 0 aliphatic carbocycles. The molecule has 12 nitrogen and oxygen atoms in total. The minimum absolute atomic E-state index is 0.195. The van der Waals surface area contributed by atoms with Crippen LogP contribution < -0.4 is 0 Å². The summed E-state index contributed by atoms with van der Waals surface area (Å²) in [7, 11) is -2.61. The van der Waals surface area contributed by atoms with Gasteiger partial charge in [0.05, 0.1) is 36.1 Å². The first-order chi connectivity index (χ1) is 18.5. The number of nitriles is 1. The molecule has 1 aliphatic rings. The summed E-state index contributed by atoms with van der Waals surface area (Å²) in [6.07, 6.45) is 8.57. The van der Waals surface area contributed by atoms with E-state index in [0.717, 1.165) is 17.3 Å². The summed E-state index contributed by atoms with van der Waals surface area (Å²) in [5.41, 5.74) is 2.24. The summed E-state index contributed by atoms with van der Waals surface area (Å²) >= 11 is 0. The molecule has 6 heterocycles. The van der Waals surface area contributed by atoms with E-state index in [0.29, 0.717) is 53.7 Å². The van der Waals surface area contributed by atoms with E-state index in [9.17, 15) is 18.8 Å². The molecule has 0 bridgehead atoms. The molecule has 38 heavy (non-hydrogen) atoms. The lowest BCUT2D eigenvalue weighted by atomic mass is 9.86. The smallest absolute Gasteiger partial charge is 0.182 e. The van der Waals surface area contributed by atoms with Gasteiger partial charge in [0.15, 0.2) is 22.3 Å². The van der Waals surface area contributed by atoms with Crippen molar-refractivity contribution in [2.45, 2.75) is 43.7 Å². The van der Waals surface area contributed by atoms with Crippen molar-refractivity contribution in [1.82, 2.24) is 34.2 Å². The number of pyridine rings is 1. The third kappa shape index (κ3) is 3.80. The van der Waals surface area contributed by atoms with Gasteiger partial charge in [0, 0.05) is 30.9 Å². The molecule has 1 atom stereocenters. The fraction of sp³-hybridized carbons (Fsp3) is 0.360. The normalized spacial score (nSPS) is 16.3. The molecule has 1 fully saturated rings. The lowest BCUT2D eigenvalue weighted by Gasteiger charge is -2.51. The number of furan rings is 1. The molecule has 0 spiro atoms. The first-order valence-electron chi connectivity index (χ1n) is 12.3. The fourth-order valence-electron chi connectivity index (χ4n) is 5.34. The minimum Gasteiger partial charge on any atom is -0.455 e. The number of aromatic nitrogens is 6. The first kappa shape index (κ1) is 24.4. The number of thiol groups is 1. The highest BCUT2D eigenvalue weighted by Crippen LogP contribution is 2.37. The molecule has 2 N–H and O–H groups in total. The number of hydrogen-bond donors (Lipinski definition) is 3. The molecule has 0 amide bonds. The number of nitrogens with zero attached hydrogens (tertiary/aromatic N) is 7. The van der Waals surface area contributed by atoms with Crippen LogP contribution in [-0.4, -0.2) is 66.2 Å². The van der Waals surface area contributed by atoms with Crippen molar-refractivity contribution in [3.63, 3.8) is 0 Å². The summed E-state index contributed by atoms with van der Waals surface area (Å²) in [6.45, 7) is 2.55. The minimum atomic E-state index is -2.61. The first-order valence-corrected chi connectivity index (χ1v) is 13.6. The number of nitrogens with one attached hydrogen (secondary N) is 1. The van der Waals surface area contributed by atoms with Gasteiger partial charge in [0.2, 0.25) is 0 Å². The van der Waals surface area contributed by atoms with Crippen LogP contribution >= 0.6 is 0 Å². The standard InChI is InChI=1S/C25H26N8O4S/c1-2-3-21(38(35)36)31-14-25(15-31,7-8-26)32-12-16(10-29-32)33-22-18-6-9-27-23(18)28-11-19(22)30-24(33)20-5-4-17(13-34)37-20/h4-6,9-12,21,34,38H,2-3,7,13-15H2,1H3,(H,27,28). The van der Waals surface area contributed by atoms with Crippen LogP contribution in [0.3, 0.4) is 0 Å². The molecule has 1 unspecified atom stereocenters. The number of aliphatic hydroxyl groups is 1. The van der Waals surface area contributed by atoms with Gasteiger partial charge in [-0.05, 0) is 24.6 Å². The monoisotopic (exact) mass is 534 g/mol. The third-order valence-corrected chi connectivity index (χ3v) is 8.24. The third-order valence-electron chi connectivity index (χ3n) is 7.17. The number of aromatic amines is 1. The Hall–Kier alpha value is -3.99. The van der Waals surface area contributed by atoms with E-state index < -0.39 is 21.6 Å². The van der Waals surface area contributed by atoms with Crippen LogP contribution in [0, 0.1) is 11.3 Å². The maximum Gasteiger partial charge on any atom is 0.182 e. The maximum atomic E-state index is 11.9. The Morgan fingerprint density at radius 3 is 2.84 bits per heavy atom. The van der Waals surface area contributed by atoms with Gasteiger partial charge < -0.3 is 14.5 Å². The van der Waals surface area contributed by atoms with Crippen molar-refractivity contribution in [1.29, 1.82) is 5.26 Å². The Morgan fingerprint density at radius 1 is 1.29 bits per heavy atom. The van der Waals surface area contributed by atoms with Crippen LogP contribution in [-0.2, 0) is 22.8 Å². The molecular formula is C25H26N8O4S. The highest BCUT2D eigenvalue weighted by atomic mass is 32.2. The van der Waals surface area contributed by atoms with Gasteiger partial charge in [-0.25, -0.2) is 18.4 Å². The Labute approximate surface area is 219 Å². The predicted molar refractivity (Wildman–Crippen MR) is 139 cm³/mol. The Morgan fingerprint density at radius 2 is 2.13 bits per heavy atom. The predicted octanol–water partition coefficient (Wildman–Crippen LogP) is 2.51. The molecule has 5 aromatic heterocycles.